The zero-order valence-electron chi connectivity index (χ0n) is 13.7. The average molecular weight is 330 g/mol. The Morgan fingerprint density at radius 1 is 1.00 bits per heavy atom. The minimum absolute atomic E-state index is 0.334. The van der Waals surface area contributed by atoms with E-state index < -0.39 is 6.80 Å². The van der Waals surface area contributed by atoms with E-state index >= 15 is 0 Å². The molecular formula is C16H27O3PS. The molecule has 0 aliphatic heterocycles. The van der Waals surface area contributed by atoms with Gasteiger partial charge in [-0.15, -0.1) is 0 Å². The molecule has 1 rings (SSSR count). The third-order valence-electron chi connectivity index (χ3n) is 2.64. The maximum Gasteiger partial charge on any atom is 0.389 e. The van der Waals surface area contributed by atoms with E-state index in [0.717, 1.165) is 5.56 Å². The molecule has 0 heterocycles. The predicted octanol–water partition coefficient (Wildman–Crippen LogP) is 5.68. The number of aryl methyl sites for hydroxylation is 1. The SMILES string of the molecule is Cc1ccc(CSP(=O)(OCC(C)C)OCC(C)C)cc1. The van der Waals surface area contributed by atoms with Gasteiger partial charge in [0.15, 0.2) is 0 Å². The first-order valence-electron chi connectivity index (χ1n) is 7.40. The summed E-state index contributed by atoms with van der Waals surface area (Å²) in [5, 5.41) is 0. The van der Waals surface area contributed by atoms with E-state index in [4.69, 9.17) is 9.05 Å². The molecule has 1 aromatic carbocycles. The van der Waals surface area contributed by atoms with E-state index in [9.17, 15) is 4.57 Å². The maximum absolute atomic E-state index is 12.8. The molecule has 5 heteroatoms. The van der Waals surface area contributed by atoms with Crippen LogP contribution < -0.4 is 0 Å². The van der Waals surface area contributed by atoms with Crippen molar-refractivity contribution in [1.82, 2.24) is 0 Å². The standard InChI is InChI=1S/C16H27O3PS/c1-13(2)10-18-20(17,19-11-14(3)4)21-12-16-8-6-15(5)7-9-16/h6-9,13-14H,10-12H2,1-5H3. The van der Waals surface area contributed by atoms with E-state index in [-0.39, 0.29) is 0 Å². The molecule has 0 amide bonds. The lowest BCUT2D eigenvalue weighted by molar-refractivity contribution is 0.186. The third kappa shape index (κ3) is 8.06. The molecule has 0 fully saturated rings. The normalized spacial score (nSPS) is 12.3. The lowest BCUT2D eigenvalue weighted by Crippen LogP contribution is -2.05. The van der Waals surface area contributed by atoms with Gasteiger partial charge in [-0.05, 0) is 35.7 Å². The molecule has 0 radical (unpaired) electrons. The highest BCUT2D eigenvalue weighted by atomic mass is 32.7. The molecule has 0 aliphatic carbocycles. The van der Waals surface area contributed by atoms with Crippen molar-refractivity contribution in [3.8, 4) is 0 Å². The molecule has 0 saturated heterocycles. The van der Waals surface area contributed by atoms with Crippen molar-refractivity contribution in [1.29, 1.82) is 0 Å². The summed E-state index contributed by atoms with van der Waals surface area (Å²) in [5.74, 6) is 1.30. The molecule has 0 bridgehead atoms. The smallest absolute Gasteiger partial charge is 0.300 e. The van der Waals surface area contributed by atoms with Crippen LogP contribution in [0.4, 0.5) is 0 Å². The molecule has 3 nitrogen and oxygen atoms in total. The summed E-state index contributed by atoms with van der Waals surface area (Å²) in [7, 11) is 0. The van der Waals surface area contributed by atoms with Crippen molar-refractivity contribution in [2.75, 3.05) is 13.2 Å². The lowest BCUT2D eigenvalue weighted by atomic mass is 10.2. The molecule has 0 atom stereocenters. The van der Waals surface area contributed by atoms with Crippen LogP contribution >= 0.6 is 18.2 Å². The molecule has 0 spiro atoms. The fourth-order valence-corrected chi connectivity index (χ4v) is 4.85. The van der Waals surface area contributed by atoms with Crippen molar-refractivity contribution < 1.29 is 13.6 Å². The van der Waals surface area contributed by atoms with E-state index in [2.05, 4.69) is 31.2 Å². The maximum atomic E-state index is 12.8. The monoisotopic (exact) mass is 330 g/mol. The summed E-state index contributed by atoms with van der Waals surface area (Å²) < 4.78 is 23.9. The first-order chi connectivity index (χ1) is 9.81. The number of benzene rings is 1. The van der Waals surface area contributed by atoms with Crippen molar-refractivity contribution in [3.05, 3.63) is 35.4 Å². The number of hydrogen-bond acceptors (Lipinski definition) is 4. The van der Waals surface area contributed by atoms with Gasteiger partial charge in [-0.25, -0.2) is 4.57 Å². The molecule has 0 saturated carbocycles. The van der Waals surface area contributed by atoms with Crippen LogP contribution in [-0.4, -0.2) is 13.2 Å². The summed E-state index contributed by atoms with van der Waals surface area (Å²) in [6.45, 7) is 8.03. The Morgan fingerprint density at radius 3 is 1.90 bits per heavy atom. The minimum atomic E-state index is -3.09. The van der Waals surface area contributed by atoms with Crippen molar-refractivity contribution in [3.63, 3.8) is 0 Å². The van der Waals surface area contributed by atoms with Gasteiger partial charge < -0.3 is 9.05 Å². The Kier molecular flexibility index (Phi) is 8.04. The molecule has 0 aliphatic rings. The Hall–Kier alpha value is -0.280. The average Bonchev–Trinajstić information content (AvgIpc) is 2.43. The van der Waals surface area contributed by atoms with E-state index in [1.165, 1.54) is 16.9 Å². The van der Waals surface area contributed by atoms with Crippen LogP contribution in [0.5, 0.6) is 0 Å². The highest BCUT2D eigenvalue weighted by Gasteiger charge is 2.26. The van der Waals surface area contributed by atoms with Crippen LogP contribution in [0.2, 0.25) is 0 Å². The van der Waals surface area contributed by atoms with E-state index in [0.29, 0.717) is 30.8 Å². The van der Waals surface area contributed by atoms with Gasteiger partial charge in [-0.3, -0.25) is 0 Å². The highest BCUT2D eigenvalue weighted by molar-refractivity contribution is 8.54. The second-order valence-corrected chi connectivity index (χ2v) is 10.2. The van der Waals surface area contributed by atoms with Gasteiger partial charge in [-0.1, -0.05) is 57.5 Å². The van der Waals surface area contributed by atoms with Gasteiger partial charge in [-0.2, -0.15) is 0 Å². The lowest BCUT2D eigenvalue weighted by Gasteiger charge is -2.20. The summed E-state index contributed by atoms with van der Waals surface area (Å²) in [4.78, 5) is 0. The second-order valence-electron chi connectivity index (χ2n) is 6.09. The van der Waals surface area contributed by atoms with Gasteiger partial charge in [0.2, 0.25) is 0 Å². The summed E-state index contributed by atoms with van der Waals surface area (Å²) in [5.41, 5.74) is 2.35. The molecule has 0 N–H and O–H groups in total. The summed E-state index contributed by atoms with van der Waals surface area (Å²) >= 11 is 1.28. The van der Waals surface area contributed by atoms with Gasteiger partial charge in [0.1, 0.15) is 0 Å². The summed E-state index contributed by atoms with van der Waals surface area (Å²) in [6, 6.07) is 8.23. The van der Waals surface area contributed by atoms with Crippen LogP contribution in [0.15, 0.2) is 24.3 Å². The molecule has 0 unspecified atom stereocenters. The Labute approximate surface area is 133 Å². The molecular weight excluding hydrogens is 303 g/mol. The van der Waals surface area contributed by atoms with Crippen molar-refractivity contribution in [2.45, 2.75) is 40.4 Å². The zero-order valence-corrected chi connectivity index (χ0v) is 15.4. The largest absolute Gasteiger partial charge is 0.389 e. The molecule has 1 aromatic rings. The van der Waals surface area contributed by atoms with E-state index in [1.807, 2.05) is 27.7 Å². The van der Waals surface area contributed by atoms with Crippen molar-refractivity contribution in [2.24, 2.45) is 11.8 Å². The second kappa shape index (κ2) is 8.99. The Morgan fingerprint density at radius 2 is 1.48 bits per heavy atom. The minimum Gasteiger partial charge on any atom is -0.300 e. The van der Waals surface area contributed by atoms with Crippen LogP contribution in [-0.2, 0) is 19.4 Å². The first kappa shape index (κ1) is 18.8. The Bertz CT molecular complexity index is 441. The van der Waals surface area contributed by atoms with Crippen LogP contribution in [0.25, 0.3) is 0 Å². The molecule has 21 heavy (non-hydrogen) atoms. The van der Waals surface area contributed by atoms with Gasteiger partial charge >= 0.3 is 6.80 Å². The fourth-order valence-electron chi connectivity index (χ4n) is 1.43. The Balaban J connectivity index is 2.62. The van der Waals surface area contributed by atoms with Gasteiger partial charge in [0.25, 0.3) is 0 Å². The fraction of sp³-hybridized carbons (Fsp3) is 0.625. The van der Waals surface area contributed by atoms with Crippen molar-refractivity contribution >= 4 is 18.2 Å². The highest BCUT2D eigenvalue weighted by Crippen LogP contribution is 2.62. The van der Waals surface area contributed by atoms with Gasteiger partial charge in [0.05, 0.1) is 13.2 Å². The van der Waals surface area contributed by atoms with Crippen LogP contribution in [0, 0.1) is 18.8 Å². The number of rotatable bonds is 9. The van der Waals surface area contributed by atoms with Crippen LogP contribution in [0.3, 0.4) is 0 Å². The third-order valence-corrected chi connectivity index (χ3v) is 6.32. The van der Waals surface area contributed by atoms with E-state index in [1.54, 1.807) is 0 Å². The number of hydrogen-bond donors (Lipinski definition) is 0. The van der Waals surface area contributed by atoms with Gasteiger partial charge in [0, 0.05) is 5.75 Å². The van der Waals surface area contributed by atoms with Crippen LogP contribution in [0.1, 0.15) is 38.8 Å². The summed E-state index contributed by atoms with van der Waals surface area (Å²) in [6.07, 6.45) is 0. The zero-order chi connectivity index (χ0) is 15.9. The first-order valence-corrected chi connectivity index (χ1v) is 10.5. The molecule has 0 aromatic heterocycles. The quantitative estimate of drug-likeness (QED) is 0.546. The predicted molar refractivity (Wildman–Crippen MR) is 91.7 cm³/mol. The molecule has 120 valence electrons. The topological polar surface area (TPSA) is 35.5 Å².